The van der Waals surface area contributed by atoms with Gasteiger partial charge in [-0.05, 0) is 36.5 Å². The Morgan fingerprint density at radius 2 is 1.91 bits per heavy atom. The van der Waals surface area contributed by atoms with Crippen LogP contribution >= 0.6 is 0 Å². The van der Waals surface area contributed by atoms with E-state index in [1.54, 1.807) is 12.1 Å². The Bertz CT molecular complexity index is 1080. The second-order valence-corrected chi connectivity index (χ2v) is 7.94. The third-order valence-electron chi connectivity index (χ3n) is 5.14. The number of amides is 1. The SMILES string of the molecule is CCc1nc(N(CCC(C)C)C(=O)OCc2ccccc2)nc2c(OC)cc(C=O)cc12. The Morgan fingerprint density at radius 1 is 1.16 bits per heavy atom. The summed E-state index contributed by atoms with van der Waals surface area (Å²) in [5, 5.41) is 0.735. The molecular formula is C25H29N3O4. The van der Waals surface area contributed by atoms with Gasteiger partial charge in [0, 0.05) is 17.5 Å². The molecule has 1 amide bonds. The van der Waals surface area contributed by atoms with Gasteiger partial charge in [0.15, 0.2) is 0 Å². The fourth-order valence-electron chi connectivity index (χ4n) is 3.34. The minimum absolute atomic E-state index is 0.165. The highest BCUT2D eigenvalue weighted by molar-refractivity contribution is 5.94. The fraction of sp³-hybridized carbons (Fsp3) is 0.360. The lowest BCUT2D eigenvalue weighted by Gasteiger charge is -2.22. The summed E-state index contributed by atoms with van der Waals surface area (Å²) in [7, 11) is 1.53. The number of anilines is 1. The van der Waals surface area contributed by atoms with Crippen LogP contribution in [-0.4, -0.2) is 36.0 Å². The average Bonchev–Trinajstić information content (AvgIpc) is 2.82. The Morgan fingerprint density at radius 3 is 2.53 bits per heavy atom. The summed E-state index contributed by atoms with van der Waals surface area (Å²) in [4.78, 5) is 35.2. The predicted molar refractivity (Wildman–Crippen MR) is 124 cm³/mol. The fourth-order valence-corrected chi connectivity index (χ4v) is 3.34. The molecule has 0 N–H and O–H groups in total. The van der Waals surface area contributed by atoms with Gasteiger partial charge in [-0.15, -0.1) is 0 Å². The summed E-state index contributed by atoms with van der Waals surface area (Å²) in [5.41, 5.74) is 2.68. The summed E-state index contributed by atoms with van der Waals surface area (Å²) in [6, 6.07) is 12.9. The number of ether oxygens (including phenoxy) is 2. The number of aryl methyl sites for hydroxylation is 1. The van der Waals surface area contributed by atoms with E-state index in [1.165, 1.54) is 12.0 Å². The molecule has 1 heterocycles. The third-order valence-corrected chi connectivity index (χ3v) is 5.14. The maximum absolute atomic E-state index is 13.1. The molecule has 0 saturated heterocycles. The molecular weight excluding hydrogens is 406 g/mol. The van der Waals surface area contributed by atoms with E-state index in [4.69, 9.17) is 9.47 Å². The maximum atomic E-state index is 13.1. The van der Waals surface area contributed by atoms with Crippen molar-refractivity contribution in [2.75, 3.05) is 18.6 Å². The largest absolute Gasteiger partial charge is 0.494 e. The number of benzene rings is 2. The van der Waals surface area contributed by atoms with Gasteiger partial charge in [0.2, 0.25) is 5.95 Å². The molecule has 0 fully saturated rings. The molecule has 0 aliphatic rings. The Kier molecular flexibility index (Phi) is 7.76. The molecule has 0 unspecified atom stereocenters. The Balaban J connectivity index is 2.01. The van der Waals surface area contributed by atoms with Gasteiger partial charge in [-0.2, -0.15) is 0 Å². The minimum Gasteiger partial charge on any atom is -0.494 e. The summed E-state index contributed by atoms with van der Waals surface area (Å²) in [6.07, 6.45) is 1.64. The molecule has 0 aliphatic carbocycles. The van der Waals surface area contributed by atoms with Crippen LogP contribution in [0, 0.1) is 5.92 Å². The minimum atomic E-state index is -0.501. The Labute approximate surface area is 188 Å². The van der Waals surface area contributed by atoms with Crippen LogP contribution in [0.25, 0.3) is 10.9 Å². The van der Waals surface area contributed by atoms with E-state index >= 15 is 0 Å². The number of hydrogen-bond donors (Lipinski definition) is 0. The number of fused-ring (bicyclic) bond motifs is 1. The quantitative estimate of drug-likeness (QED) is 0.430. The second kappa shape index (κ2) is 10.7. The molecule has 0 bridgehead atoms. The molecule has 0 spiro atoms. The van der Waals surface area contributed by atoms with Gasteiger partial charge in [-0.1, -0.05) is 51.1 Å². The van der Waals surface area contributed by atoms with Crippen molar-refractivity contribution in [1.82, 2.24) is 9.97 Å². The number of carbonyl (C=O) groups is 2. The normalized spacial score (nSPS) is 10.9. The number of nitrogens with zero attached hydrogens (tertiary/aromatic N) is 3. The lowest BCUT2D eigenvalue weighted by Crippen LogP contribution is -2.34. The van der Waals surface area contributed by atoms with Crippen LogP contribution in [0.2, 0.25) is 0 Å². The standard InChI is InChI=1S/C25H29N3O4/c1-5-21-20-13-19(15-29)14-22(31-4)23(20)27-24(26-21)28(12-11-17(2)3)25(30)32-16-18-9-7-6-8-10-18/h6-10,13-15,17H,5,11-12,16H2,1-4H3. The van der Waals surface area contributed by atoms with Crippen LogP contribution in [0.4, 0.5) is 10.7 Å². The van der Waals surface area contributed by atoms with Crippen LogP contribution in [0.15, 0.2) is 42.5 Å². The molecule has 3 rings (SSSR count). The number of aldehydes is 1. The summed E-state index contributed by atoms with van der Waals surface area (Å²) in [5.74, 6) is 1.12. The van der Waals surface area contributed by atoms with Crippen molar-refractivity contribution in [3.63, 3.8) is 0 Å². The van der Waals surface area contributed by atoms with E-state index in [2.05, 4.69) is 23.8 Å². The number of aromatic nitrogens is 2. The van der Waals surface area contributed by atoms with Crippen LogP contribution in [-0.2, 0) is 17.8 Å². The van der Waals surface area contributed by atoms with Crippen LogP contribution in [0.3, 0.4) is 0 Å². The van der Waals surface area contributed by atoms with E-state index in [0.717, 1.165) is 29.4 Å². The van der Waals surface area contributed by atoms with Gasteiger partial charge >= 0.3 is 6.09 Å². The molecule has 0 aliphatic heterocycles. The molecule has 3 aromatic rings. The second-order valence-electron chi connectivity index (χ2n) is 7.94. The number of hydrogen-bond acceptors (Lipinski definition) is 6. The molecule has 168 valence electrons. The maximum Gasteiger partial charge on any atom is 0.417 e. The summed E-state index contributed by atoms with van der Waals surface area (Å²) >= 11 is 0. The van der Waals surface area contributed by atoms with Gasteiger partial charge in [0.05, 0.1) is 12.8 Å². The smallest absolute Gasteiger partial charge is 0.417 e. The van der Waals surface area contributed by atoms with Gasteiger partial charge in [0.25, 0.3) is 0 Å². The van der Waals surface area contributed by atoms with E-state index in [1.807, 2.05) is 37.3 Å². The van der Waals surface area contributed by atoms with E-state index in [0.29, 0.717) is 35.7 Å². The van der Waals surface area contributed by atoms with Gasteiger partial charge in [-0.3, -0.25) is 4.79 Å². The highest BCUT2D eigenvalue weighted by Gasteiger charge is 2.23. The van der Waals surface area contributed by atoms with Crippen molar-refractivity contribution in [2.45, 2.75) is 40.2 Å². The zero-order valence-corrected chi connectivity index (χ0v) is 19.0. The summed E-state index contributed by atoms with van der Waals surface area (Å²) in [6.45, 7) is 6.75. The zero-order chi connectivity index (χ0) is 23.1. The molecule has 0 radical (unpaired) electrons. The lowest BCUT2D eigenvalue weighted by molar-refractivity contribution is 0.112. The van der Waals surface area contributed by atoms with Gasteiger partial charge in [0.1, 0.15) is 24.2 Å². The highest BCUT2D eigenvalue weighted by atomic mass is 16.6. The first-order chi connectivity index (χ1) is 15.5. The van der Waals surface area contributed by atoms with Crippen molar-refractivity contribution >= 4 is 29.2 Å². The van der Waals surface area contributed by atoms with Gasteiger partial charge in [-0.25, -0.2) is 19.7 Å². The van der Waals surface area contributed by atoms with Crippen molar-refractivity contribution in [3.8, 4) is 5.75 Å². The topological polar surface area (TPSA) is 81.6 Å². The van der Waals surface area contributed by atoms with Gasteiger partial charge < -0.3 is 9.47 Å². The highest BCUT2D eigenvalue weighted by Crippen LogP contribution is 2.30. The number of methoxy groups -OCH3 is 1. The van der Waals surface area contributed by atoms with Crippen molar-refractivity contribution in [3.05, 3.63) is 59.3 Å². The lowest BCUT2D eigenvalue weighted by atomic mass is 10.1. The molecule has 0 saturated carbocycles. The number of carbonyl (C=O) groups excluding carboxylic acids is 2. The summed E-state index contributed by atoms with van der Waals surface area (Å²) < 4.78 is 11.1. The first kappa shape index (κ1) is 23.2. The van der Waals surface area contributed by atoms with Crippen LogP contribution < -0.4 is 9.64 Å². The molecule has 1 aromatic heterocycles. The number of rotatable bonds is 9. The molecule has 2 aromatic carbocycles. The zero-order valence-electron chi connectivity index (χ0n) is 19.0. The molecule has 7 nitrogen and oxygen atoms in total. The van der Waals surface area contributed by atoms with E-state index in [9.17, 15) is 9.59 Å². The first-order valence-electron chi connectivity index (χ1n) is 10.8. The van der Waals surface area contributed by atoms with Crippen molar-refractivity contribution in [2.24, 2.45) is 5.92 Å². The Hall–Kier alpha value is -3.48. The predicted octanol–water partition coefficient (Wildman–Crippen LogP) is 5.20. The first-order valence-corrected chi connectivity index (χ1v) is 10.8. The van der Waals surface area contributed by atoms with Crippen LogP contribution in [0.1, 0.15) is 48.8 Å². The van der Waals surface area contributed by atoms with E-state index in [-0.39, 0.29) is 12.6 Å². The van der Waals surface area contributed by atoms with Crippen molar-refractivity contribution < 1.29 is 19.1 Å². The van der Waals surface area contributed by atoms with Crippen LogP contribution in [0.5, 0.6) is 5.75 Å². The molecule has 32 heavy (non-hydrogen) atoms. The third kappa shape index (κ3) is 5.41. The average molecular weight is 436 g/mol. The van der Waals surface area contributed by atoms with E-state index < -0.39 is 6.09 Å². The molecule has 7 heteroatoms. The molecule has 0 atom stereocenters. The van der Waals surface area contributed by atoms with Crippen molar-refractivity contribution in [1.29, 1.82) is 0 Å². The monoisotopic (exact) mass is 435 g/mol.